The molecule has 0 saturated heterocycles. The first-order valence-electron chi connectivity index (χ1n) is 4.45. The number of oxazole rings is 1. The second kappa shape index (κ2) is 3.97. The van der Waals surface area contributed by atoms with Crippen molar-refractivity contribution >= 4 is 29.3 Å². The highest BCUT2D eigenvalue weighted by atomic mass is 32.1. The lowest BCUT2D eigenvalue weighted by atomic mass is 10.1. The molecule has 0 radical (unpaired) electrons. The smallest absolute Gasteiger partial charge is 0.345 e. The van der Waals surface area contributed by atoms with E-state index in [1.165, 1.54) is 14.2 Å². The van der Waals surface area contributed by atoms with Crippen LogP contribution >= 0.6 is 12.2 Å². The molecule has 0 aliphatic rings. The number of fused-ring (bicyclic) bond motifs is 1. The van der Waals surface area contributed by atoms with Crippen molar-refractivity contribution in [2.75, 3.05) is 14.2 Å². The molecule has 0 fully saturated rings. The van der Waals surface area contributed by atoms with Gasteiger partial charge in [0.2, 0.25) is 0 Å². The second-order valence-corrected chi connectivity index (χ2v) is 3.40. The molecule has 0 saturated carbocycles. The lowest BCUT2D eigenvalue weighted by Gasteiger charge is -2.05. The van der Waals surface area contributed by atoms with E-state index in [-0.39, 0.29) is 10.4 Å². The van der Waals surface area contributed by atoms with Crippen molar-refractivity contribution < 1.29 is 18.7 Å². The SMILES string of the molecule is COC(=O)c1c(OC)ccc2[nH]c(=S)oc12. The van der Waals surface area contributed by atoms with Crippen LogP contribution in [0.5, 0.6) is 5.75 Å². The molecule has 2 rings (SSSR count). The molecule has 0 spiro atoms. The average molecular weight is 239 g/mol. The molecule has 6 heteroatoms. The van der Waals surface area contributed by atoms with Crippen molar-refractivity contribution in [2.45, 2.75) is 0 Å². The van der Waals surface area contributed by atoms with E-state index in [1.54, 1.807) is 12.1 Å². The number of H-pyrrole nitrogens is 1. The molecule has 0 aliphatic carbocycles. The molecule has 0 atom stereocenters. The maximum atomic E-state index is 11.6. The molecule has 0 amide bonds. The molecule has 1 N–H and O–H groups in total. The minimum Gasteiger partial charge on any atom is -0.496 e. The normalized spacial score (nSPS) is 10.4. The monoisotopic (exact) mass is 239 g/mol. The van der Waals surface area contributed by atoms with Crippen molar-refractivity contribution in [1.82, 2.24) is 4.98 Å². The van der Waals surface area contributed by atoms with E-state index in [9.17, 15) is 4.79 Å². The zero-order valence-corrected chi connectivity index (χ0v) is 9.51. The van der Waals surface area contributed by atoms with E-state index in [0.717, 1.165) is 0 Å². The summed E-state index contributed by atoms with van der Waals surface area (Å²) in [5.74, 6) is -0.141. The summed E-state index contributed by atoms with van der Waals surface area (Å²) in [5, 5.41) is 0. The van der Waals surface area contributed by atoms with Crippen LogP contribution in [-0.2, 0) is 4.74 Å². The number of carbonyl (C=O) groups is 1. The molecule has 84 valence electrons. The Morgan fingerprint density at radius 3 is 2.81 bits per heavy atom. The largest absolute Gasteiger partial charge is 0.496 e. The molecule has 0 unspecified atom stereocenters. The van der Waals surface area contributed by atoms with Gasteiger partial charge in [0.25, 0.3) is 4.84 Å². The molecule has 0 bridgehead atoms. The van der Waals surface area contributed by atoms with E-state index >= 15 is 0 Å². The number of methoxy groups -OCH3 is 2. The van der Waals surface area contributed by atoms with E-state index < -0.39 is 5.97 Å². The number of rotatable bonds is 2. The van der Waals surface area contributed by atoms with Gasteiger partial charge in [-0.15, -0.1) is 0 Å². The van der Waals surface area contributed by atoms with Crippen LogP contribution in [0, 0.1) is 4.84 Å². The van der Waals surface area contributed by atoms with E-state index in [4.69, 9.17) is 21.4 Å². The zero-order chi connectivity index (χ0) is 11.7. The molecule has 5 nitrogen and oxygen atoms in total. The van der Waals surface area contributed by atoms with Gasteiger partial charge in [-0.3, -0.25) is 0 Å². The van der Waals surface area contributed by atoms with Crippen molar-refractivity contribution in [2.24, 2.45) is 0 Å². The third-order valence-corrected chi connectivity index (χ3v) is 2.35. The summed E-state index contributed by atoms with van der Waals surface area (Å²) in [5.41, 5.74) is 1.21. The van der Waals surface area contributed by atoms with Crippen LogP contribution in [0.15, 0.2) is 16.5 Å². The minimum absolute atomic E-state index is 0.202. The Kier molecular flexibility index (Phi) is 2.66. The molecule has 1 heterocycles. The van der Waals surface area contributed by atoms with E-state index in [0.29, 0.717) is 16.8 Å². The van der Waals surface area contributed by atoms with Crippen molar-refractivity contribution in [1.29, 1.82) is 0 Å². The zero-order valence-electron chi connectivity index (χ0n) is 8.70. The van der Waals surface area contributed by atoms with E-state index in [2.05, 4.69) is 9.72 Å². The lowest BCUT2D eigenvalue weighted by Crippen LogP contribution is -2.04. The highest BCUT2D eigenvalue weighted by molar-refractivity contribution is 7.71. The van der Waals surface area contributed by atoms with Crippen molar-refractivity contribution in [3.8, 4) is 5.75 Å². The maximum absolute atomic E-state index is 11.6. The Bertz CT molecular complexity index is 598. The number of nitrogens with one attached hydrogen (secondary N) is 1. The Labute approximate surface area is 96.0 Å². The summed E-state index contributed by atoms with van der Waals surface area (Å²) >= 11 is 4.86. The van der Waals surface area contributed by atoms with Gasteiger partial charge in [0.1, 0.15) is 11.3 Å². The van der Waals surface area contributed by atoms with Crippen LogP contribution in [0.2, 0.25) is 0 Å². The summed E-state index contributed by atoms with van der Waals surface area (Å²) in [6.07, 6.45) is 0. The summed E-state index contributed by atoms with van der Waals surface area (Å²) in [7, 11) is 2.76. The van der Waals surface area contributed by atoms with Gasteiger partial charge >= 0.3 is 5.97 Å². The number of aromatic amines is 1. The minimum atomic E-state index is -0.528. The molecule has 0 aliphatic heterocycles. The van der Waals surface area contributed by atoms with Crippen molar-refractivity contribution in [3.63, 3.8) is 0 Å². The van der Waals surface area contributed by atoms with Crippen molar-refractivity contribution in [3.05, 3.63) is 22.5 Å². The third-order valence-electron chi connectivity index (χ3n) is 2.16. The van der Waals surface area contributed by atoms with Crippen LogP contribution in [0.3, 0.4) is 0 Å². The second-order valence-electron chi connectivity index (χ2n) is 3.03. The van der Waals surface area contributed by atoms with Gasteiger partial charge in [0, 0.05) is 0 Å². The Hall–Kier alpha value is -1.82. The number of benzene rings is 1. The highest BCUT2D eigenvalue weighted by Crippen LogP contribution is 2.28. The Balaban J connectivity index is 2.82. The van der Waals surface area contributed by atoms with Crippen LogP contribution in [0.1, 0.15) is 10.4 Å². The number of hydrogen-bond donors (Lipinski definition) is 1. The number of hydrogen-bond acceptors (Lipinski definition) is 5. The number of aromatic nitrogens is 1. The van der Waals surface area contributed by atoms with Gasteiger partial charge in [-0.1, -0.05) is 0 Å². The van der Waals surface area contributed by atoms with Crippen LogP contribution in [0.25, 0.3) is 11.1 Å². The predicted octanol–water partition coefficient (Wildman–Crippen LogP) is 2.29. The maximum Gasteiger partial charge on any atom is 0.345 e. The molecular weight excluding hydrogens is 230 g/mol. The first-order chi connectivity index (χ1) is 7.67. The number of esters is 1. The Morgan fingerprint density at radius 2 is 2.19 bits per heavy atom. The van der Waals surface area contributed by atoms with Gasteiger partial charge in [-0.05, 0) is 24.4 Å². The highest BCUT2D eigenvalue weighted by Gasteiger charge is 2.19. The average Bonchev–Trinajstić information content (AvgIpc) is 2.66. The molecule has 1 aromatic carbocycles. The molecular formula is C10H9NO4S. The quantitative estimate of drug-likeness (QED) is 0.643. The van der Waals surface area contributed by atoms with E-state index in [1.807, 2.05) is 0 Å². The predicted molar refractivity (Wildman–Crippen MR) is 59.3 cm³/mol. The fourth-order valence-corrected chi connectivity index (χ4v) is 1.66. The summed E-state index contributed by atoms with van der Waals surface area (Å²) in [4.78, 5) is 14.6. The molecule has 16 heavy (non-hydrogen) atoms. The number of carbonyl (C=O) groups excluding carboxylic acids is 1. The first-order valence-corrected chi connectivity index (χ1v) is 4.86. The van der Waals surface area contributed by atoms with Gasteiger partial charge in [-0.25, -0.2) is 4.79 Å². The van der Waals surface area contributed by atoms with Gasteiger partial charge in [0.15, 0.2) is 5.58 Å². The first kappa shape index (κ1) is 10.7. The molecule has 1 aromatic heterocycles. The van der Waals surface area contributed by atoms with Crippen LogP contribution < -0.4 is 4.74 Å². The molecule has 2 aromatic rings. The Morgan fingerprint density at radius 1 is 1.44 bits per heavy atom. The van der Waals surface area contributed by atoms with Gasteiger partial charge < -0.3 is 18.9 Å². The lowest BCUT2D eigenvalue weighted by molar-refractivity contribution is 0.0598. The topological polar surface area (TPSA) is 64.5 Å². The van der Waals surface area contributed by atoms with Gasteiger partial charge in [0.05, 0.1) is 19.7 Å². The summed E-state index contributed by atoms with van der Waals surface area (Å²) in [6, 6.07) is 3.37. The standard InChI is InChI=1S/C10H9NO4S/c1-13-6-4-3-5-8(15-10(16)11-5)7(6)9(12)14-2/h3-4H,1-2H3,(H,11,16). The van der Waals surface area contributed by atoms with Crippen LogP contribution in [0.4, 0.5) is 0 Å². The number of ether oxygens (including phenoxy) is 2. The fourth-order valence-electron chi connectivity index (χ4n) is 1.46. The van der Waals surface area contributed by atoms with Crippen LogP contribution in [-0.4, -0.2) is 25.2 Å². The third kappa shape index (κ3) is 1.57. The summed E-state index contributed by atoms with van der Waals surface area (Å²) in [6.45, 7) is 0. The van der Waals surface area contributed by atoms with Gasteiger partial charge in [-0.2, -0.15) is 0 Å². The summed E-state index contributed by atoms with van der Waals surface area (Å²) < 4.78 is 15.0. The fraction of sp³-hybridized carbons (Fsp3) is 0.200.